The van der Waals surface area contributed by atoms with Crippen LogP contribution in [0.25, 0.3) is 10.8 Å². The highest BCUT2D eigenvalue weighted by Gasteiger charge is 2.00. The third kappa shape index (κ3) is 1.33. The second-order valence-corrected chi connectivity index (χ2v) is 2.95. The molecule has 2 rings (SSSR count). The van der Waals surface area contributed by atoms with Gasteiger partial charge in [0.25, 0.3) is 0 Å². The highest BCUT2D eigenvalue weighted by molar-refractivity contribution is 5.90. The summed E-state index contributed by atoms with van der Waals surface area (Å²) in [5.74, 6) is 0.594. The molecule has 2 aromatic rings. The van der Waals surface area contributed by atoms with Crippen LogP contribution < -0.4 is 5.73 Å². The van der Waals surface area contributed by atoms with Crippen molar-refractivity contribution in [2.75, 3.05) is 5.73 Å². The predicted molar refractivity (Wildman–Crippen MR) is 53.3 cm³/mol. The zero-order valence-corrected chi connectivity index (χ0v) is 7.49. The maximum Gasteiger partial charge on any atom is 0.131 e. The van der Waals surface area contributed by atoms with Gasteiger partial charge in [-0.3, -0.25) is 4.98 Å². The predicted octanol–water partition coefficient (Wildman–Crippen LogP) is 1.77. The Bertz CT molecular complexity index is 437. The van der Waals surface area contributed by atoms with Crippen molar-refractivity contribution in [3.8, 4) is 0 Å². The van der Waals surface area contributed by atoms with Gasteiger partial charge in [0.1, 0.15) is 5.82 Å². The molecule has 0 unspecified atom stereocenters. The minimum atomic E-state index is 0.594. The number of rotatable bonds is 1. The molecule has 0 atom stereocenters. The van der Waals surface area contributed by atoms with Crippen molar-refractivity contribution in [2.24, 2.45) is 0 Å². The van der Waals surface area contributed by atoms with Crippen LogP contribution in [0.3, 0.4) is 0 Å². The van der Waals surface area contributed by atoms with E-state index in [1.54, 1.807) is 6.20 Å². The van der Waals surface area contributed by atoms with E-state index in [1.165, 1.54) is 0 Å². The van der Waals surface area contributed by atoms with Crippen molar-refractivity contribution < 1.29 is 0 Å². The van der Waals surface area contributed by atoms with Crippen molar-refractivity contribution in [1.82, 2.24) is 9.97 Å². The lowest BCUT2D eigenvalue weighted by Gasteiger charge is -2.03. The Kier molecular flexibility index (Phi) is 1.85. The molecule has 66 valence electrons. The molecule has 0 radical (unpaired) electrons. The smallest absolute Gasteiger partial charge is 0.131 e. The van der Waals surface area contributed by atoms with Crippen molar-refractivity contribution in [1.29, 1.82) is 0 Å². The summed E-state index contributed by atoms with van der Waals surface area (Å²) < 4.78 is 0. The molecule has 0 saturated carbocycles. The number of anilines is 1. The number of aromatic nitrogens is 2. The van der Waals surface area contributed by atoms with Crippen LogP contribution in [0.15, 0.2) is 24.5 Å². The number of hydrogen-bond donors (Lipinski definition) is 1. The molecule has 0 spiro atoms. The van der Waals surface area contributed by atoms with Gasteiger partial charge in [0, 0.05) is 28.9 Å². The van der Waals surface area contributed by atoms with Gasteiger partial charge in [-0.15, -0.1) is 0 Å². The summed E-state index contributed by atoms with van der Waals surface area (Å²) >= 11 is 0. The largest absolute Gasteiger partial charge is 0.383 e. The SMILES string of the molecule is CCc1cc2cnccc2c(N)n1. The average molecular weight is 173 g/mol. The normalized spacial score (nSPS) is 10.5. The molecule has 0 aliphatic carbocycles. The second-order valence-electron chi connectivity index (χ2n) is 2.95. The lowest BCUT2D eigenvalue weighted by atomic mass is 10.1. The van der Waals surface area contributed by atoms with Crippen molar-refractivity contribution in [3.05, 3.63) is 30.2 Å². The molecular weight excluding hydrogens is 162 g/mol. The van der Waals surface area contributed by atoms with Gasteiger partial charge in [0.15, 0.2) is 0 Å². The van der Waals surface area contributed by atoms with Crippen LogP contribution in [-0.4, -0.2) is 9.97 Å². The summed E-state index contributed by atoms with van der Waals surface area (Å²) in [6, 6.07) is 3.91. The maximum atomic E-state index is 5.79. The molecule has 2 aromatic heterocycles. The van der Waals surface area contributed by atoms with Crippen molar-refractivity contribution in [3.63, 3.8) is 0 Å². The number of pyridine rings is 2. The van der Waals surface area contributed by atoms with Gasteiger partial charge in [-0.05, 0) is 18.6 Å². The van der Waals surface area contributed by atoms with Crippen molar-refractivity contribution >= 4 is 16.6 Å². The fourth-order valence-corrected chi connectivity index (χ4v) is 1.36. The van der Waals surface area contributed by atoms with Gasteiger partial charge in [-0.25, -0.2) is 4.98 Å². The van der Waals surface area contributed by atoms with Gasteiger partial charge in [-0.1, -0.05) is 6.92 Å². The number of nitrogens with zero attached hydrogens (tertiary/aromatic N) is 2. The van der Waals surface area contributed by atoms with E-state index < -0.39 is 0 Å². The average Bonchev–Trinajstić information content (AvgIpc) is 2.18. The van der Waals surface area contributed by atoms with E-state index in [1.807, 2.05) is 18.3 Å². The topological polar surface area (TPSA) is 51.8 Å². The maximum absolute atomic E-state index is 5.79. The number of fused-ring (bicyclic) bond motifs is 1. The molecule has 2 heterocycles. The summed E-state index contributed by atoms with van der Waals surface area (Å²) in [6.07, 6.45) is 4.44. The second kappa shape index (κ2) is 3.01. The Morgan fingerprint density at radius 3 is 3.08 bits per heavy atom. The van der Waals surface area contributed by atoms with Crippen LogP contribution in [0.1, 0.15) is 12.6 Å². The highest BCUT2D eigenvalue weighted by Crippen LogP contribution is 2.18. The Hall–Kier alpha value is -1.64. The standard InChI is InChI=1S/C10H11N3/c1-2-8-5-7-6-12-4-3-9(7)10(11)13-8/h3-6H,2H2,1H3,(H2,11,13). The monoisotopic (exact) mass is 173 g/mol. The molecule has 0 bridgehead atoms. The van der Waals surface area contributed by atoms with E-state index in [2.05, 4.69) is 16.9 Å². The summed E-state index contributed by atoms with van der Waals surface area (Å²) in [5.41, 5.74) is 6.81. The van der Waals surface area contributed by atoms with E-state index in [-0.39, 0.29) is 0 Å². The Morgan fingerprint density at radius 1 is 1.46 bits per heavy atom. The minimum absolute atomic E-state index is 0.594. The van der Waals surface area contributed by atoms with Gasteiger partial charge in [0.2, 0.25) is 0 Å². The fraction of sp³-hybridized carbons (Fsp3) is 0.200. The van der Waals surface area contributed by atoms with Crippen LogP contribution in [0, 0.1) is 0 Å². The van der Waals surface area contributed by atoms with Gasteiger partial charge >= 0.3 is 0 Å². The van der Waals surface area contributed by atoms with E-state index in [0.717, 1.165) is 22.9 Å². The molecule has 2 N–H and O–H groups in total. The van der Waals surface area contributed by atoms with Gasteiger partial charge < -0.3 is 5.73 Å². The van der Waals surface area contributed by atoms with E-state index in [9.17, 15) is 0 Å². The fourth-order valence-electron chi connectivity index (χ4n) is 1.36. The van der Waals surface area contributed by atoms with Crippen LogP contribution in [0.5, 0.6) is 0 Å². The van der Waals surface area contributed by atoms with E-state index in [4.69, 9.17) is 5.73 Å². The summed E-state index contributed by atoms with van der Waals surface area (Å²) in [5, 5.41) is 2.04. The third-order valence-electron chi connectivity index (χ3n) is 2.08. The molecular formula is C10H11N3. The lowest BCUT2D eigenvalue weighted by molar-refractivity contribution is 1.05. The van der Waals surface area contributed by atoms with Crippen LogP contribution in [-0.2, 0) is 6.42 Å². The van der Waals surface area contributed by atoms with Crippen LogP contribution in [0.2, 0.25) is 0 Å². The first-order chi connectivity index (χ1) is 6.31. The first-order valence-corrected chi connectivity index (χ1v) is 4.30. The summed E-state index contributed by atoms with van der Waals surface area (Å²) in [6.45, 7) is 2.06. The first kappa shape index (κ1) is 7.98. The van der Waals surface area contributed by atoms with Crippen LogP contribution in [0.4, 0.5) is 5.82 Å². The molecule has 0 aromatic carbocycles. The molecule has 3 heteroatoms. The Labute approximate surface area is 76.6 Å². The van der Waals surface area contributed by atoms with E-state index >= 15 is 0 Å². The number of nitrogens with two attached hydrogens (primary N) is 1. The zero-order chi connectivity index (χ0) is 9.26. The minimum Gasteiger partial charge on any atom is -0.383 e. The highest BCUT2D eigenvalue weighted by atomic mass is 14.8. The molecule has 0 aliphatic rings. The Morgan fingerprint density at radius 2 is 2.31 bits per heavy atom. The molecule has 0 amide bonds. The number of hydrogen-bond acceptors (Lipinski definition) is 3. The molecule has 0 aliphatic heterocycles. The van der Waals surface area contributed by atoms with E-state index in [0.29, 0.717) is 5.82 Å². The molecule has 0 saturated heterocycles. The van der Waals surface area contributed by atoms with Crippen LogP contribution >= 0.6 is 0 Å². The zero-order valence-electron chi connectivity index (χ0n) is 7.49. The lowest BCUT2D eigenvalue weighted by Crippen LogP contribution is -1.96. The molecule has 0 fully saturated rings. The van der Waals surface area contributed by atoms with Gasteiger partial charge in [-0.2, -0.15) is 0 Å². The Balaban J connectivity index is 2.77. The van der Waals surface area contributed by atoms with Crippen molar-refractivity contribution in [2.45, 2.75) is 13.3 Å². The number of aryl methyl sites for hydroxylation is 1. The molecule has 3 nitrogen and oxygen atoms in total. The number of nitrogen functional groups attached to an aromatic ring is 1. The summed E-state index contributed by atoms with van der Waals surface area (Å²) in [4.78, 5) is 8.32. The summed E-state index contributed by atoms with van der Waals surface area (Å²) in [7, 11) is 0. The van der Waals surface area contributed by atoms with Gasteiger partial charge in [0.05, 0.1) is 0 Å². The molecule has 13 heavy (non-hydrogen) atoms. The first-order valence-electron chi connectivity index (χ1n) is 4.30. The quantitative estimate of drug-likeness (QED) is 0.715. The third-order valence-corrected chi connectivity index (χ3v) is 2.08.